The number of carbonyl (C=O) groups excluding carboxylic acids is 2. The highest BCUT2D eigenvalue weighted by molar-refractivity contribution is 6.30. The number of amides is 2. The number of rotatable bonds is 10. The van der Waals surface area contributed by atoms with Crippen molar-refractivity contribution in [3.05, 3.63) is 59.1 Å². The summed E-state index contributed by atoms with van der Waals surface area (Å²) < 4.78 is 10.7. The molecule has 0 bridgehead atoms. The summed E-state index contributed by atoms with van der Waals surface area (Å²) in [4.78, 5) is 26.9. The van der Waals surface area contributed by atoms with E-state index >= 15 is 0 Å². The van der Waals surface area contributed by atoms with Gasteiger partial charge in [-0.3, -0.25) is 9.59 Å². The standard InChI is InChI=1S/C22H27ClN2O4/c1-4-12-24-22(27)16(2)25(14-17-6-5-7-18(23)13-17)21(26)15-29-20-10-8-19(28-3)9-11-20/h5-11,13,16H,4,12,14-15H2,1-3H3,(H,24,27)/t16-/m0/s1. The predicted molar refractivity (Wildman–Crippen MR) is 113 cm³/mol. The van der Waals surface area contributed by atoms with Gasteiger partial charge >= 0.3 is 0 Å². The second-order valence-electron chi connectivity index (χ2n) is 6.58. The summed E-state index contributed by atoms with van der Waals surface area (Å²) >= 11 is 6.07. The molecule has 0 heterocycles. The second-order valence-corrected chi connectivity index (χ2v) is 7.02. The second kappa shape index (κ2) is 11.3. The van der Waals surface area contributed by atoms with Crippen LogP contribution in [0.25, 0.3) is 0 Å². The third kappa shape index (κ3) is 6.98. The number of nitrogens with zero attached hydrogens (tertiary/aromatic N) is 1. The molecule has 0 aliphatic carbocycles. The van der Waals surface area contributed by atoms with E-state index in [4.69, 9.17) is 21.1 Å². The number of halogens is 1. The topological polar surface area (TPSA) is 67.9 Å². The number of hydrogen-bond acceptors (Lipinski definition) is 4. The quantitative estimate of drug-likeness (QED) is 0.639. The Morgan fingerprint density at radius 3 is 2.45 bits per heavy atom. The lowest BCUT2D eigenvalue weighted by molar-refractivity contribution is -0.142. The highest BCUT2D eigenvalue weighted by Crippen LogP contribution is 2.18. The summed E-state index contributed by atoms with van der Waals surface area (Å²) in [6.07, 6.45) is 0.821. The summed E-state index contributed by atoms with van der Waals surface area (Å²) in [6.45, 7) is 4.32. The molecule has 2 amide bonds. The van der Waals surface area contributed by atoms with Crippen LogP contribution in [0.2, 0.25) is 5.02 Å². The van der Waals surface area contributed by atoms with Crippen LogP contribution in [0, 0.1) is 0 Å². The molecule has 29 heavy (non-hydrogen) atoms. The van der Waals surface area contributed by atoms with E-state index in [1.807, 2.05) is 19.1 Å². The van der Waals surface area contributed by atoms with Crippen LogP contribution < -0.4 is 14.8 Å². The summed E-state index contributed by atoms with van der Waals surface area (Å²) in [5.74, 6) is 0.754. The Labute approximate surface area is 176 Å². The van der Waals surface area contributed by atoms with Crippen molar-refractivity contribution in [3.63, 3.8) is 0 Å². The Morgan fingerprint density at radius 1 is 1.14 bits per heavy atom. The molecule has 0 saturated carbocycles. The number of nitrogens with one attached hydrogen (secondary N) is 1. The van der Waals surface area contributed by atoms with Gasteiger partial charge < -0.3 is 19.7 Å². The third-order valence-corrected chi connectivity index (χ3v) is 4.62. The Morgan fingerprint density at radius 2 is 1.83 bits per heavy atom. The molecule has 1 N–H and O–H groups in total. The zero-order valence-corrected chi connectivity index (χ0v) is 17.7. The van der Waals surface area contributed by atoms with Crippen LogP contribution in [0.3, 0.4) is 0 Å². The molecule has 0 saturated heterocycles. The van der Waals surface area contributed by atoms with E-state index in [1.165, 1.54) is 4.90 Å². The van der Waals surface area contributed by atoms with Gasteiger partial charge in [-0.05, 0) is 55.3 Å². The fraction of sp³-hybridized carbons (Fsp3) is 0.364. The molecule has 0 aromatic heterocycles. The molecule has 7 heteroatoms. The zero-order valence-electron chi connectivity index (χ0n) is 17.0. The van der Waals surface area contributed by atoms with Gasteiger partial charge in [-0.2, -0.15) is 0 Å². The molecule has 0 aliphatic heterocycles. The van der Waals surface area contributed by atoms with E-state index in [0.717, 1.165) is 12.0 Å². The van der Waals surface area contributed by atoms with Gasteiger partial charge in [0.2, 0.25) is 5.91 Å². The zero-order chi connectivity index (χ0) is 21.2. The lowest BCUT2D eigenvalue weighted by Crippen LogP contribution is -2.49. The molecule has 0 radical (unpaired) electrons. The van der Waals surface area contributed by atoms with Crippen molar-refractivity contribution in [2.45, 2.75) is 32.9 Å². The minimum absolute atomic E-state index is 0.182. The van der Waals surface area contributed by atoms with E-state index in [9.17, 15) is 9.59 Å². The first-order valence-electron chi connectivity index (χ1n) is 9.53. The van der Waals surface area contributed by atoms with Gasteiger partial charge in [0.15, 0.2) is 6.61 Å². The van der Waals surface area contributed by atoms with Gasteiger partial charge in [0.1, 0.15) is 17.5 Å². The molecule has 6 nitrogen and oxygen atoms in total. The maximum absolute atomic E-state index is 12.9. The van der Waals surface area contributed by atoms with Crippen LogP contribution in [0.15, 0.2) is 48.5 Å². The first kappa shape index (κ1) is 22.6. The average molecular weight is 419 g/mol. The third-order valence-electron chi connectivity index (χ3n) is 4.38. The fourth-order valence-electron chi connectivity index (χ4n) is 2.71. The molecule has 0 fully saturated rings. The van der Waals surface area contributed by atoms with Crippen molar-refractivity contribution in [2.24, 2.45) is 0 Å². The number of carbonyl (C=O) groups is 2. The van der Waals surface area contributed by atoms with Crippen LogP contribution >= 0.6 is 11.6 Å². The van der Waals surface area contributed by atoms with Crippen LogP contribution in [0.5, 0.6) is 11.5 Å². The lowest BCUT2D eigenvalue weighted by Gasteiger charge is -2.28. The van der Waals surface area contributed by atoms with Crippen LogP contribution in [0.4, 0.5) is 0 Å². The van der Waals surface area contributed by atoms with E-state index in [-0.39, 0.29) is 25.0 Å². The van der Waals surface area contributed by atoms with E-state index < -0.39 is 6.04 Å². The Kier molecular flexibility index (Phi) is 8.80. The number of benzene rings is 2. The minimum Gasteiger partial charge on any atom is -0.497 e. The van der Waals surface area contributed by atoms with E-state index in [2.05, 4.69) is 5.32 Å². The maximum Gasteiger partial charge on any atom is 0.261 e. The van der Waals surface area contributed by atoms with Crippen LogP contribution in [-0.2, 0) is 16.1 Å². The van der Waals surface area contributed by atoms with Crippen LogP contribution in [0.1, 0.15) is 25.8 Å². The highest BCUT2D eigenvalue weighted by Gasteiger charge is 2.26. The lowest BCUT2D eigenvalue weighted by atomic mass is 10.1. The Hall–Kier alpha value is -2.73. The van der Waals surface area contributed by atoms with Crippen LogP contribution in [-0.4, -0.2) is 43.0 Å². The average Bonchev–Trinajstić information content (AvgIpc) is 2.74. The van der Waals surface area contributed by atoms with E-state index in [0.29, 0.717) is 23.1 Å². The Balaban J connectivity index is 2.11. The minimum atomic E-state index is -0.646. The molecular weight excluding hydrogens is 392 g/mol. The molecule has 1 atom stereocenters. The van der Waals surface area contributed by atoms with Gasteiger partial charge in [0.05, 0.1) is 7.11 Å². The van der Waals surface area contributed by atoms with Gasteiger partial charge in [-0.1, -0.05) is 30.7 Å². The summed E-state index contributed by atoms with van der Waals surface area (Å²) in [6, 6.07) is 13.5. The Bertz CT molecular complexity index is 811. The summed E-state index contributed by atoms with van der Waals surface area (Å²) in [5, 5.41) is 3.41. The van der Waals surface area contributed by atoms with Gasteiger partial charge in [0.25, 0.3) is 5.91 Å². The predicted octanol–water partition coefficient (Wildman–Crippen LogP) is 3.67. The molecule has 2 aromatic rings. The van der Waals surface area contributed by atoms with Crippen molar-refractivity contribution in [1.29, 1.82) is 0 Å². The molecule has 0 unspecified atom stereocenters. The first-order valence-corrected chi connectivity index (χ1v) is 9.90. The van der Waals surface area contributed by atoms with Gasteiger partial charge in [-0.15, -0.1) is 0 Å². The first-order chi connectivity index (χ1) is 13.9. The smallest absolute Gasteiger partial charge is 0.261 e. The molecule has 0 spiro atoms. The number of hydrogen-bond donors (Lipinski definition) is 1. The maximum atomic E-state index is 12.9. The largest absolute Gasteiger partial charge is 0.497 e. The monoisotopic (exact) mass is 418 g/mol. The molecular formula is C22H27ClN2O4. The van der Waals surface area contributed by atoms with Gasteiger partial charge in [-0.25, -0.2) is 0 Å². The summed E-state index contributed by atoms with van der Waals surface area (Å²) in [5.41, 5.74) is 0.838. The van der Waals surface area contributed by atoms with Crippen molar-refractivity contribution < 1.29 is 19.1 Å². The van der Waals surface area contributed by atoms with Crippen molar-refractivity contribution in [2.75, 3.05) is 20.3 Å². The molecule has 156 valence electrons. The molecule has 2 aromatic carbocycles. The number of methoxy groups -OCH3 is 1. The van der Waals surface area contributed by atoms with Crippen molar-refractivity contribution >= 4 is 23.4 Å². The van der Waals surface area contributed by atoms with Gasteiger partial charge in [0, 0.05) is 18.1 Å². The van der Waals surface area contributed by atoms with E-state index in [1.54, 1.807) is 50.4 Å². The fourth-order valence-corrected chi connectivity index (χ4v) is 2.92. The van der Waals surface area contributed by atoms with Crippen molar-refractivity contribution in [3.8, 4) is 11.5 Å². The molecule has 2 rings (SSSR count). The summed E-state index contributed by atoms with van der Waals surface area (Å²) in [7, 11) is 1.58. The van der Waals surface area contributed by atoms with Crippen molar-refractivity contribution in [1.82, 2.24) is 10.2 Å². The normalized spacial score (nSPS) is 11.4. The highest BCUT2D eigenvalue weighted by atomic mass is 35.5. The molecule has 0 aliphatic rings. The SMILES string of the molecule is CCCNC(=O)[C@H](C)N(Cc1cccc(Cl)c1)C(=O)COc1ccc(OC)cc1. The number of ether oxygens (including phenoxy) is 2.